The van der Waals surface area contributed by atoms with Gasteiger partial charge >= 0.3 is 6.03 Å². The Hall–Kier alpha value is -5.33. The highest BCUT2D eigenvalue weighted by Crippen LogP contribution is 2.33. The number of hydrogen-bond donors (Lipinski definition) is 11. The molecule has 0 aliphatic carbocycles. The third-order valence-corrected chi connectivity index (χ3v) is 15.0. The summed E-state index contributed by atoms with van der Waals surface area (Å²) in [5, 5.41) is 13.9. The van der Waals surface area contributed by atoms with Crippen molar-refractivity contribution in [2.45, 2.75) is 183 Å². The molecule has 1 aromatic rings. The molecule has 412 valence electrons. The van der Waals surface area contributed by atoms with Crippen molar-refractivity contribution in [3.05, 3.63) is 18.2 Å². The van der Waals surface area contributed by atoms with Gasteiger partial charge in [-0.3, -0.25) is 39.2 Å². The molecule has 2 aliphatic heterocycles. The number of amides is 6. The number of ketones is 2. The van der Waals surface area contributed by atoms with Crippen LogP contribution in [0.3, 0.4) is 0 Å². The summed E-state index contributed by atoms with van der Waals surface area (Å²) in [4.78, 5) is 112. The largest absolute Gasteiger partial charge is 0.388 e. The number of Topliss-reactive ketones (excluding diaryl/α,β-unsaturated/α-hetero) is 2. The number of aromatic amines is 1. The zero-order chi connectivity index (χ0) is 53.5. The van der Waals surface area contributed by atoms with Crippen LogP contribution in [0.4, 0.5) is 4.79 Å². The number of guanidine groups is 1. The van der Waals surface area contributed by atoms with Crippen molar-refractivity contribution in [1.82, 2.24) is 35.3 Å². The maximum atomic E-state index is 14.6. The van der Waals surface area contributed by atoms with Gasteiger partial charge in [0, 0.05) is 101 Å². The second kappa shape index (κ2) is 35.0. The van der Waals surface area contributed by atoms with Crippen molar-refractivity contribution in [2.75, 3.05) is 51.6 Å². The number of fused-ring (bicyclic) bond motifs is 1. The summed E-state index contributed by atoms with van der Waals surface area (Å²) in [5.41, 5.74) is 40.6. The Balaban J connectivity index is 1.82. The van der Waals surface area contributed by atoms with E-state index in [1.807, 2.05) is 11.8 Å². The Morgan fingerprint density at radius 2 is 1.22 bits per heavy atom. The SMILES string of the molecule is N=C(N)CCCCC(C(=O)CCCN(C(=O)CCCCCN)C(Cc1cnc[nH]1)C(=O)CCCN(C(=O)CCCCN=C(N)N)C(CCCCN)C(N)=O)N(CCN)C(=O)CCCCC1SC[C@@H]2NC(=O)N[C@H]12. The lowest BCUT2D eigenvalue weighted by molar-refractivity contribution is -0.141. The number of hydrogen-bond acceptors (Lipinski definition) is 14. The average Bonchev–Trinajstić information content (AvgIpc) is 4.10. The Kier molecular flexibility index (Phi) is 29.7. The number of primary amides is 1. The molecule has 0 saturated carbocycles. The van der Waals surface area contributed by atoms with E-state index in [1.165, 1.54) is 11.2 Å². The average molecular weight is 1050 g/mol. The minimum Gasteiger partial charge on any atom is -0.388 e. The molecular formula is C49H88N16O7S. The Morgan fingerprint density at radius 3 is 1.81 bits per heavy atom. The third-order valence-electron chi connectivity index (χ3n) is 13.5. The highest BCUT2D eigenvalue weighted by molar-refractivity contribution is 8.00. The van der Waals surface area contributed by atoms with Gasteiger partial charge in [-0.25, -0.2) is 9.78 Å². The molecule has 6 amide bonds. The summed E-state index contributed by atoms with van der Waals surface area (Å²) >= 11 is 1.82. The summed E-state index contributed by atoms with van der Waals surface area (Å²) in [6.07, 6.45) is 12.6. The van der Waals surface area contributed by atoms with Crippen LogP contribution in [0.2, 0.25) is 0 Å². The Bertz CT molecular complexity index is 1900. The molecule has 0 bridgehead atoms. The number of unbranched alkanes of at least 4 members (excludes halogenated alkanes) is 6. The van der Waals surface area contributed by atoms with Crippen molar-refractivity contribution in [1.29, 1.82) is 5.41 Å². The second-order valence-corrected chi connectivity index (χ2v) is 20.5. The fourth-order valence-corrected chi connectivity index (χ4v) is 11.2. The molecule has 2 saturated heterocycles. The van der Waals surface area contributed by atoms with Gasteiger partial charge in [0.25, 0.3) is 0 Å². The minimum atomic E-state index is -0.957. The molecule has 23 nitrogen and oxygen atoms in total. The number of nitrogens with zero attached hydrogens (tertiary/aromatic N) is 5. The second-order valence-electron chi connectivity index (χ2n) is 19.2. The number of aliphatic imine (C=N–C) groups is 1. The van der Waals surface area contributed by atoms with Crippen LogP contribution in [0.25, 0.3) is 0 Å². The number of H-pyrrole nitrogens is 1. The van der Waals surface area contributed by atoms with E-state index in [1.54, 1.807) is 16.0 Å². The monoisotopic (exact) mass is 1040 g/mol. The van der Waals surface area contributed by atoms with Gasteiger partial charge < -0.3 is 70.5 Å². The van der Waals surface area contributed by atoms with Crippen LogP contribution in [0.1, 0.15) is 147 Å². The number of nitrogens with one attached hydrogen (secondary N) is 4. The molecule has 0 spiro atoms. The Morgan fingerprint density at radius 1 is 0.658 bits per heavy atom. The predicted molar refractivity (Wildman–Crippen MR) is 285 cm³/mol. The fraction of sp³-hybridized carbons (Fsp3) is 0.755. The zero-order valence-corrected chi connectivity index (χ0v) is 43.9. The van der Waals surface area contributed by atoms with Gasteiger partial charge in [0.15, 0.2) is 17.5 Å². The number of rotatable bonds is 42. The van der Waals surface area contributed by atoms with Crippen LogP contribution < -0.4 is 50.8 Å². The van der Waals surface area contributed by atoms with E-state index in [4.69, 9.17) is 45.5 Å². The number of urea groups is 1. The summed E-state index contributed by atoms with van der Waals surface area (Å²) in [5.74, 6) is -1.00. The van der Waals surface area contributed by atoms with Gasteiger partial charge in [0.1, 0.15) is 6.04 Å². The van der Waals surface area contributed by atoms with E-state index < -0.39 is 24.0 Å². The summed E-state index contributed by atoms with van der Waals surface area (Å²) < 4.78 is 0. The lowest BCUT2D eigenvalue weighted by Gasteiger charge is -2.33. The molecule has 3 rings (SSSR count). The first-order valence-corrected chi connectivity index (χ1v) is 27.5. The van der Waals surface area contributed by atoms with Crippen LogP contribution in [0.15, 0.2) is 17.5 Å². The van der Waals surface area contributed by atoms with Crippen molar-refractivity contribution in [3.8, 4) is 0 Å². The summed E-state index contributed by atoms with van der Waals surface area (Å²) in [6.45, 7) is 1.68. The molecule has 1 aromatic heterocycles. The Labute approximate surface area is 435 Å². The van der Waals surface area contributed by atoms with Gasteiger partial charge in [-0.05, 0) is 96.6 Å². The molecule has 73 heavy (non-hydrogen) atoms. The first kappa shape index (κ1) is 62.0. The standard InChI is InChI=1S/C49H88N16O7S/c50-23-9-1-2-20-44(69)64(38(30-34-31-58-33-60-34)40(67)17-13-27-63(37(47(55)71)15-7-10-24-51)43(68)22-8-11-26-59-48(56)57)28-12-16-39(66)36(14-3-5-19-42(53)54)65(29-25-52)45(70)21-6-4-18-41-46-35(32-73-41)61-49(72)62-46/h31,33,35-38,41,46H,1-30,32,50-52H2,(H3,53,54)(H2,55,71)(H,58,60)(H4,56,57,59)(H2,61,62,72)/t35-,36?,37?,38?,41?,46-/m0/s1. The molecule has 3 heterocycles. The lowest BCUT2D eigenvalue weighted by atomic mass is 9.96. The normalized spacial score (nSPS) is 17.1. The van der Waals surface area contributed by atoms with E-state index in [0.29, 0.717) is 102 Å². The molecule has 18 N–H and O–H groups in total. The molecule has 2 aliphatic rings. The summed E-state index contributed by atoms with van der Waals surface area (Å²) in [6, 6.07) is -2.62. The van der Waals surface area contributed by atoms with Crippen molar-refractivity contribution < 1.29 is 33.6 Å². The predicted octanol–water partition coefficient (Wildman–Crippen LogP) is 1.00. The van der Waals surface area contributed by atoms with E-state index >= 15 is 0 Å². The van der Waals surface area contributed by atoms with E-state index in [-0.39, 0.29) is 142 Å². The van der Waals surface area contributed by atoms with Crippen LogP contribution in [0, 0.1) is 5.41 Å². The maximum Gasteiger partial charge on any atom is 0.315 e. The van der Waals surface area contributed by atoms with Crippen molar-refractivity contribution >= 4 is 64.8 Å². The number of carbonyl (C=O) groups excluding carboxylic acids is 7. The highest BCUT2D eigenvalue weighted by Gasteiger charge is 2.42. The van der Waals surface area contributed by atoms with Gasteiger partial charge in [-0.1, -0.05) is 19.3 Å². The number of carbonyl (C=O) groups is 7. The first-order chi connectivity index (χ1) is 35.1. The van der Waals surface area contributed by atoms with Crippen LogP contribution >= 0.6 is 11.8 Å². The molecule has 2 fully saturated rings. The topological polar surface area (TPSA) is 400 Å². The van der Waals surface area contributed by atoms with E-state index in [0.717, 1.165) is 25.0 Å². The van der Waals surface area contributed by atoms with E-state index in [2.05, 4.69) is 25.6 Å². The molecule has 24 heteroatoms. The molecular weight excluding hydrogens is 957 g/mol. The number of imidazole rings is 1. The number of aromatic nitrogens is 2. The van der Waals surface area contributed by atoms with Gasteiger partial charge in [-0.15, -0.1) is 0 Å². The van der Waals surface area contributed by atoms with Gasteiger partial charge in [0.05, 0.1) is 36.3 Å². The van der Waals surface area contributed by atoms with Crippen LogP contribution in [-0.2, 0) is 35.2 Å². The van der Waals surface area contributed by atoms with Crippen molar-refractivity contribution in [2.24, 2.45) is 45.1 Å². The maximum absolute atomic E-state index is 14.6. The quantitative estimate of drug-likeness (QED) is 0.0188. The van der Waals surface area contributed by atoms with Gasteiger partial charge in [0.2, 0.25) is 23.6 Å². The van der Waals surface area contributed by atoms with Crippen LogP contribution in [-0.4, -0.2) is 165 Å². The molecule has 6 atom stereocenters. The van der Waals surface area contributed by atoms with E-state index in [9.17, 15) is 33.6 Å². The fourth-order valence-electron chi connectivity index (χ4n) is 9.65. The van der Waals surface area contributed by atoms with Crippen molar-refractivity contribution in [3.63, 3.8) is 0 Å². The molecule has 0 aromatic carbocycles. The zero-order valence-electron chi connectivity index (χ0n) is 43.1. The summed E-state index contributed by atoms with van der Waals surface area (Å²) in [7, 11) is 0. The smallest absolute Gasteiger partial charge is 0.315 e. The first-order valence-electron chi connectivity index (χ1n) is 26.5. The minimum absolute atomic E-state index is 0.0105. The highest BCUT2D eigenvalue weighted by atomic mass is 32.2. The van der Waals surface area contributed by atoms with Crippen LogP contribution in [0.5, 0.6) is 0 Å². The number of nitrogens with two attached hydrogens (primary N) is 7. The molecule has 4 unspecified atom stereocenters. The number of amidine groups is 1. The van der Waals surface area contributed by atoms with Gasteiger partial charge in [-0.2, -0.15) is 11.8 Å². The number of thioether (sulfide) groups is 1. The molecule has 0 radical (unpaired) electrons. The lowest BCUT2D eigenvalue weighted by Crippen LogP contribution is -2.49. The third kappa shape index (κ3) is 22.8.